The van der Waals surface area contributed by atoms with Crippen molar-refractivity contribution in [2.45, 2.75) is 58.5 Å². The molecule has 0 radical (unpaired) electrons. The molecule has 0 aromatic heterocycles. The van der Waals surface area contributed by atoms with Gasteiger partial charge in [-0.05, 0) is 13.3 Å². The average Bonchev–Trinajstić information content (AvgIpc) is 2.16. The Balaban J connectivity index is 3.43. The maximum Gasteiger partial charge on any atom is 0.309 e. The van der Waals surface area contributed by atoms with Crippen molar-refractivity contribution in [3.05, 3.63) is 0 Å². The molecular weight excluding hydrogens is 183 g/mol. The lowest BCUT2D eigenvalue weighted by Crippen LogP contribution is -2.21. The number of halogens is 1. The monoisotopic (exact) mass is 204 g/mol. The zero-order chi connectivity index (χ0) is 11.0. The fraction of sp³-hybridized carbons (Fsp3) is 0.909. The summed E-state index contributed by atoms with van der Waals surface area (Å²) in [6, 6.07) is 0. The van der Waals surface area contributed by atoms with Crippen molar-refractivity contribution in [3.8, 4) is 0 Å². The first-order valence-corrected chi connectivity index (χ1v) is 5.46. The molecule has 2 atom stereocenters. The van der Waals surface area contributed by atoms with E-state index >= 15 is 0 Å². The quantitative estimate of drug-likeness (QED) is 0.615. The van der Waals surface area contributed by atoms with Gasteiger partial charge in [0.2, 0.25) is 0 Å². The highest BCUT2D eigenvalue weighted by molar-refractivity contribution is 5.70. The highest BCUT2D eigenvalue weighted by Gasteiger charge is 2.22. The Morgan fingerprint density at radius 3 is 2.36 bits per heavy atom. The van der Waals surface area contributed by atoms with E-state index in [4.69, 9.17) is 5.11 Å². The fourth-order valence-corrected chi connectivity index (χ4v) is 1.35. The lowest BCUT2D eigenvalue weighted by atomic mass is 10.00. The first kappa shape index (κ1) is 13.4. The van der Waals surface area contributed by atoms with Gasteiger partial charge in [-0.25, -0.2) is 4.39 Å². The summed E-state index contributed by atoms with van der Waals surface area (Å²) in [7, 11) is 0. The van der Waals surface area contributed by atoms with Gasteiger partial charge in [0, 0.05) is 0 Å². The van der Waals surface area contributed by atoms with Crippen LogP contribution in [0.3, 0.4) is 0 Å². The summed E-state index contributed by atoms with van der Waals surface area (Å²) in [5, 5.41) is 8.55. The molecule has 2 nitrogen and oxygen atoms in total. The van der Waals surface area contributed by atoms with Gasteiger partial charge in [0.05, 0.1) is 5.92 Å². The van der Waals surface area contributed by atoms with Crippen LogP contribution in [0.25, 0.3) is 0 Å². The first-order chi connectivity index (χ1) is 6.59. The number of carboxylic acids is 1. The summed E-state index contributed by atoms with van der Waals surface area (Å²) in [4.78, 5) is 10.4. The van der Waals surface area contributed by atoms with Gasteiger partial charge in [-0.3, -0.25) is 4.79 Å². The molecule has 1 N–H and O–H groups in total. The molecule has 0 rings (SSSR count). The second kappa shape index (κ2) is 7.77. The van der Waals surface area contributed by atoms with Crippen LogP contribution in [0.2, 0.25) is 0 Å². The Bertz CT molecular complexity index is 159. The molecule has 0 aliphatic rings. The van der Waals surface area contributed by atoms with Crippen LogP contribution in [0.15, 0.2) is 0 Å². The molecule has 0 fully saturated rings. The number of carbonyl (C=O) groups is 1. The van der Waals surface area contributed by atoms with Crippen LogP contribution in [0.5, 0.6) is 0 Å². The van der Waals surface area contributed by atoms with Gasteiger partial charge in [0.1, 0.15) is 6.17 Å². The second-order valence-electron chi connectivity index (χ2n) is 3.85. The summed E-state index contributed by atoms with van der Waals surface area (Å²) in [5.41, 5.74) is 0. The third-order valence-electron chi connectivity index (χ3n) is 2.52. The molecule has 0 bridgehead atoms. The Hall–Kier alpha value is -0.600. The number of hydrogen-bond acceptors (Lipinski definition) is 1. The van der Waals surface area contributed by atoms with Crippen molar-refractivity contribution in [1.82, 2.24) is 0 Å². The summed E-state index contributed by atoms with van der Waals surface area (Å²) in [6.45, 7) is 3.56. The molecule has 0 aromatic carbocycles. The van der Waals surface area contributed by atoms with Gasteiger partial charge in [-0.2, -0.15) is 0 Å². The molecule has 2 unspecified atom stereocenters. The molecule has 3 heteroatoms. The summed E-state index contributed by atoms with van der Waals surface area (Å²) >= 11 is 0. The smallest absolute Gasteiger partial charge is 0.309 e. The van der Waals surface area contributed by atoms with Gasteiger partial charge < -0.3 is 5.11 Å². The van der Waals surface area contributed by atoms with Crippen molar-refractivity contribution < 1.29 is 14.3 Å². The summed E-state index contributed by atoms with van der Waals surface area (Å²) < 4.78 is 13.2. The van der Waals surface area contributed by atoms with Crippen LogP contribution in [-0.4, -0.2) is 17.2 Å². The molecule has 0 aliphatic carbocycles. The van der Waals surface area contributed by atoms with Gasteiger partial charge in [-0.15, -0.1) is 0 Å². The van der Waals surface area contributed by atoms with E-state index in [0.717, 1.165) is 19.3 Å². The first-order valence-electron chi connectivity index (χ1n) is 5.46. The Morgan fingerprint density at radius 1 is 1.29 bits per heavy atom. The second-order valence-corrected chi connectivity index (χ2v) is 3.85. The third kappa shape index (κ3) is 5.95. The molecular formula is C11H21FO2. The highest BCUT2D eigenvalue weighted by atomic mass is 19.1. The van der Waals surface area contributed by atoms with Crippen LogP contribution >= 0.6 is 0 Å². The number of rotatable bonds is 8. The molecule has 0 aromatic rings. The van der Waals surface area contributed by atoms with E-state index in [1.54, 1.807) is 0 Å². The number of aliphatic carboxylic acids is 1. The number of alkyl halides is 1. The topological polar surface area (TPSA) is 37.3 Å². The van der Waals surface area contributed by atoms with E-state index in [0.29, 0.717) is 6.42 Å². The fourth-order valence-electron chi connectivity index (χ4n) is 1.35. The minimum atomic E-state index is -1.19. The minimum absolute atomic E-state index is 0.386. The van der Waals surface area contributed by atoms with Crippen molar-refractivity contribution in [2.24, 2.45) is 5.92 Å². The SMILES string of the molecule is CCCCCCCC(F)C(C)C(=O)O. The Kier molecular flexibility index (Phi) is 7.44. The Labute approximate surface area is 85.5 Å². The maximum atomic E-state index is 13.2. The summed E-state index contributed by atoms with van der Waals surface area (Å²) in [6.07, 6.45) is 4.51. The van der Waals surface area contributed by atoms with Crippen molar-refractivity contribution in [1.29, 1.82) is 0 Å². The normalized spacial score (nSPS) is 15.1. The number of hydrogen-bond donors (Lipinski definition) is 1. The number of carboxylic acid groups (broad SMARTS) is 1. The van der Waals surface area contributed by atoms with E-state index in [1.165, 1.54) is 19.8 Å². The molecule has 0 saturated heterocycles. The predicted molar refractivity (Wildman–Crippen MR) is 55.1 cm³/mol. The van der Waals surface area contributed by atoms with E-state index in [2.05, 4.69) is 6.92 Å². The van der Waals surface area contributed by atoms with Crippen LogP contribution in [0.1, 0.15) is 52.4 Å². The molecule has 14 heavy (non-hydrogen) atoms. The molecule has 0 amide bonds. The highest BCUT2D eigenvalue weighted by Crippen LogP contribution is 2.16. The van der Waals surface area contributed by atoms with Crippen LogP contribution in [-0.2, 0) is 4.79 Å². The average molecular weight is 204 g/mol. The standard InChI is InChI=1S/C11H21FO2/c1-3-4-5-6-7-8-10(12)9(2)11(13)14/h9-10H,3-8H2,1-2H3,(H,13,14). The van der Waals surface area contributed by atoms with Crippen molar-refractivity contribution in [2.75, 3.05) is 0 Å². The predicted octanol–water partition coefficient (Wildman–Crippen LogP) is 3.41. The largest absolute Gasteiger partial charge is 0.481 e. The van der Waals surface area contributed by atoms with E-state index in [1.807, 2.05) is 0 Å². The van der Waals surface area contributed by atoms with Crippen molar-refractivity contribution >= 4 is 5.97 Å². The van der Waals surface area contributed by atoms with Gasteiger partial charge in [-0.1, -0.05) is 39.0 Å². The minimum Gasteiger partial charge on any atom is -0.481 e. The van der Waals surface area contributed by atoms with Crippen LogP contribution in [0.4, 0.5) is 4.39 Å². The van der Waals surface area contributed by atoms with E-state index < -0.39 is 18.1 Å². The molecule has 0 saturated carbocycles. The van der Waals surface area contributed by atoms with Gasteiger partial charge >= 0.3 is 5.97 Å². The maximum absolute atomic E-state index is 13.2. The molecule has 0 aliphatic heterocycles. The molecule has 84 valence electrons. The van der Waals surface area contributed by atoms with E-state index in [-0.39, 0.29) is 0 Å². The molecule has 0 spiro atoms. The van der Waals surface area contributed by atoms with E-state index in [9.17, 15) is 9.18 Å². The van der Waals surface area contributed by atoms with Crippen LogP contribution < -0.4 is 0 Å². The lowest BCUT2D eigenvalue weighted by Gasteiger charge is -2.11. The number of unbranched alkanes of at least 4 members (excludes halogenated alkanes) is 4. The zero-order valence-electron chi connectivity index (χ0n) is 9.13. The third-order valence-corrected chi connectivity index (χ3v) is 2.52. The summed E-state index contributed by atoms with van der Waals surface area (Å²) in [5.74, 6) is -1.90. The molecule has 0 heterocycles. The van der Waals surface area contributed by atoms with Gasteiger partial charge in [0.15, 0.2) is 0 Å². The van der Waals surface area contributed by atoms with Crippen molar-refractivity contribution in [3.63, 3.8) is 0 Å². The Morgan fingerprint density at radius 2 is 1.86 bits per heavy atom. The zero-order valence-corrected chi connectivity index (χ0v) is 9.13. The lowest BCUT2D eigenvalue weighted by molar-refractivity contribution is -0.143. The van der Waals surface area contributed by atoms with Gasteiger partial charge in [0.25, 0.3) is 0 Å². The van der Waals surface area contributed by atoms with Crippen LogP contribution in [0, 0.1) is 5.92 Å².